The Hall–Kier alpha value is -1.69. The summed E-state index contributed by atoms with van der Waals surface area (Å²) >= 11 is 3.28. The summed E-state index contributed by atoms with van der Waals surface area (Å²) in [6.07, 6.45) is 0. The first-order valence-corrected chi connectivity index (χ1v) is 4.97. The molecule has 0 aromatic carbocycles. The summed E-state index contributed by atoms with van der Waals surface area (Å²) in [6.45, 7) is 0. The van der Waals surface area contributed by atoms with Gasteiger partial charge in [-0.05, 0) is 28.1 Å². The van der Waals surface area contributed by atoms with Crippen molar-refractivity contribution in [3.63, 3.8) is 0 Å². The van der Waals surface area contributed by atoms with Gasteiger partial charge >= 0.3 is 0 Å². The second kappa shape index (κ2) is 3.82. The maximum atomic E-state index is 5.56. The molecule has 0 bridgehead atoms. The summed E-state index contributed by atoms with van der Waals surface area (Å²) < 4.78 is 0.732. The lowest BCUT2D eigenvalue weighted by Gasteiger charge is -2.02. The number of anilines is 2. The number of aromatic nitrogens is 3. The highest BCUT2D eigenvalue weighted by atomic mass is 79.9. The third-order valence-corrected chi connectivity index (χ3v) is 2.18. The van der Waals surface area contributed by atoms with Crippen LogP contribution in [-0.2, 0) is 0 Å². The van der Waals surface area contributed by atoms with Gasteiger partial charge in [-0.3, -0.25) is 0 Å². The van der Waals surface area contributed by atoms with Crippen molar-refractivity contribution in [2.24, 2.45) is 0 Å². The molecule has 0 fully saturated rings. The van der Waals surface area contributed by atoms with Gasteiger partial charge in [0.15, 0.2) is 0 Å². The smallest absolute Gasteiger partial charge is 0.222 e. The zero-order chi connectivity index (χ0) is 10.8. The van der Waals surface area contributed by atoms with E-state index in [1.54, 1.807) is 6.07 Å². The Balaban J connectivity index is 2.54. The van der Waals surface area contributed by atoms with Crippen molar-refractivity contribution < 1.29 is 0 Å². The summed E-state index contributed by atoms with van der Waals surface area (Å²) in [5, 5.41) is 0. The van der Waals surface area contributed by atoms with E-state index in [1.807, 2.05) is 18.2 Å². The van der Waals surface area contributed by atoms with Gasteiger partial charge in [-0.1, -0.05) is 6.07 Å². The molecule has 4 N–H and O–H groups in total. The van der Waals surface area contributed by atoms with Crippen LogP contribution < -0.4 is 11.5 Å². The SMILES string of the molecule is Nc1cc(-c2cccc(Br)n2)nc(N)n1. The third kappa shape index (κ3) is 2.21. The summed E-state index contributed by atoms with van der Waals surface area (Å²) in [7, 11) is 0. The number of hydrogen-bond donors (Lipinski definition) is 2. The van der Waals surface area contributed by atoms with E-state index < -0.39 is 0 Å². The first-order valence-electron chi connectivity index (χ1n) is 4.18. The van der Waals surface area contributed by atoms with Crippen LogP contribution in [-0.4, -0.2) is 15.0 Å². The number of pyridine rings is 1. The van der Waals surface area contributed by atoms with Gasteiger partial charge in [-0.15, -0.1) is 0 Å². The molecular formula is C9H8BrN5. The summed E-state index contributed by atoms with van der Waals surface area (Å²) in [6, 6.07) is 7.15. The molecule has 0 saturated carbocycles. The molecule has 0 amide bonds. The molecule has 2 rings (SSSR count). The van der Waals surface area contributed by atoms with Crippen molar-refractivity contribution in [2.75, 3.05) is 11.5 Å². The molecule has 2 heterocycles. The molecule has 0 unspecified atom stereocenters. The van der Waals surface area contributed by atoms with Crippen LogP contribution in [0.25, 0.3) is 11.4 Å². The number of rotatable bonds is 1. The van der Waals surface area contributed by atoms with Gasteiger partial charge in [-0.2, -0.15) is 4.98 Å². The molecule has 0 spiro atoms. The van der Waals surface area contributed by atoms with Gasteiger partial charge in [0, 0.05) is 6.07 Å². The lowest BCUT2D eigenvalue weighted by atomic mass is 10.2. The molecule has 0 aliphatic carbocycles. The first-order chi connectivity index (χ1) is 7.15. The van der Waals surface area contributed by atoms with Gasteiger partial charge in [0.25, 0.3) is 0 Å². The summed E-state index contributed by atoms with van der Waals surface area (Å²) in [5.41, 5.74) is 12.4. The minimum Gasteiger partial charge on any atom is -0.384 e. The molecule has 15 heavy (non-hydrogen) atoms. The van der Waals surface area contributed by atoms with Crippen molar-refractivity contribution in [1.82, 2.24) is 15.0 Å². The zero-order valence-electron chi connectivity index (χ0n) is 7.68. The molecule has 0 radical (unpaired) electrons. The van der Waals surface area contributed by atoms with E-state index in [1.165, 1.54) is 0 Å². The van der Waals surface area contributed by atoms with E-state index in [9.17, 15) is 0 Å². The fourth-order valence-corrected chi connectivity index (χ4v) is 1.51. The maximum Gasteiger partial charge on any atom is 0.222 e. The Morgan fingerprint density at radius 1 is 1.00 bits per heavy atom. The van der Waals surface area contributed by atoms with E-state index in [4.69, 9.17) is 11.5 Å². The molecule has 0 atom stereocenters. The van der Waals surface area contributed by atoms with E-state index in [-0.39, 0.29) is 5.95 Å². The Bertz CT molecular complexity index is 479. The Morgan fingerprint density at radius 3 is 2.47 bits per heavy atom. The van der Waals surface area contributed by atoms with Crippen LogP contribution in [0.4, 0.5) is 11.8 Å². The van der Waals surface area contributed by atoms with E-state index in [2.05, 4.69) is 30.9 Å². The van der Waals surface area contributed by atoms with E-state index in [0.29, 0.717) is 17.2 Å². The van der Waals surface area contributed by atoms with Crippen LogP contribution in [0.15, 0.2) is 28.9 Å². The van der Waals surface area contributed by atoms with Crippen LogP contribution in [0.2, 0.25) is 0 Å². The minimum atomic E-state index is 0.145. The lowest BCUT2D eigenvalue weighted by molar-refractivity contribution is 1.17. The van der Waals surface area contributed by atoms with Crippen LogP contribution in [0, 0.1) is 0 Å². The highest BCUT2D eigenvalue weighted by molar-refractivity contribution is 9.10. The zero-order valence-corrected chi connectivity index (χ0v) is 9.27. The van der Waals surface area contributed by atoms with Crippen molar-refractivity contribution in [1.29, 1.82) is 0 Å². The standard InChI is InChI=1S/C9H8BrN5/c10-7-3-1-2-5(13-7)6-4-8(11)15-9(12)14-6/h1-4H,(H4,11,12,14,15). The molecule has 5 nitrogen and oxygen atoms in total. The number of halogens is 1. The highest BCUT2D eigenvalue weighted by Gasteiger charge is 2.04. The predicted molar refractivity (Wildman–Crippen MR) is 61.8 cm³/mol. The number of nitrogen functional groups attached to an aromatic ring is 2. The fourth-order valence-electron chi connectivity index (χ4n) is 1.17. The van der Waals surface area contributed by atoms with Crippen LogP contribution in [0.5, 0.6) is 0 Å². The highest BCUT2D eigenvalue weighted by Crippen LogP contribution is 2.19. The molecule has 76 valence electrons. The molecule has 0 aliphatic rings. The number of hydrogen-bond acceptors (Lipinski definition) is 5. The van der Waals surface area contributed by atoms with Crippen molar-refractivity contribution in [3.8, 4) is 11.4 Å². The quantitative estimate of drug-likeness (QED) is 0.762. The minimum absolute atomic E-state index is 0.145. The topological polar surface area (TPSA) is 90.7 Å². The molecule has 2 aromatic heterocycles. The van der Waals surface area contributed by atoms with Gasteiger partial charge in [0.2, 0.25) is 5.95 Å². The van der Waals surface area contributed by atoms with Crippen molar-refractivity contribution in [3.05, 3.63) is 28.9 Å². The first kappa shape index (κ1) is 9.85. The van der Waals surface area contributed by atoms with Crippen LogP contribution >= 0.6 is 15.9 Å². The van der Waals surface area contributed by atoms with Crippen LogP contribution in [0.1, 0.15) is 0 Å². The predicted octanol–water partition coefficient (Wildman–Crippen LogP) is 1.47. The maximum absolute atomic E-state index is 5.56. The van der Waals surface area contributed by atoms with Gasteiger partial charge in [0.05, 0.1) is 11.4 Å². The Kier molecular flexibility index (Phi) is 2.51. The molecule has 0 saturated heterocycles. The second-order valence-corrected chi connectivity index (χ2v) is 3.69. The largest absolute Gasteiger partial charge is 0.384 e. The fraction of sp³-hybridized carbons (Fsp3) is 0. The molecule has 2 aromatic rings. The monoisotopic (exact) mass is 265 g/mol. The van der Waals surface area contributed by atoms with E-state index >= 15 is 0 Å². The summed E-state index contributed by atoms with van der Waals surface area (Å²) in [4.78, 5) is 12.1. The molecule has 6 heteroatoms. The molecule has 0 aliphatic heterocycles. The van der Waals surface area contributed by atoms with Crippen LogP contribution in [0.3, 0.4) is 0 Å². The second-order valence-electron chi connectivity index (χ2n) is 2.88. The Morgan fingerprint density at radius 2 is 1.80 bits per heavy atom. The normalized spacial score (nSPS) is 10.2. The summed E-state index contributed by atoms with van der Waals surface area (Å²) in [5.74, 6) is 0.478. The van der Waals surface area contributed by atoms with Gasteiger partial charge < -0.3 is 11.5 Å². The number of nitrogens with zero attached hydrogens (tertiary/aromatic N) is 3. The average molecular weight is 266 g/mol. The van der Waals surface area contributed by atoms with Gasteiger partial charge in [-0.25, -0.2) is 9.97 Å². The van der Waals surface area contributed by atoms with Gasteiger partial charge in [0.1, 0.15) is 10.4 Å². The Labute approximate surface area is 94.7 Å². The van der Waals surface area contributed by atoms with Crippen molar-refractivity contribution >= 4 is 27.7 Å². The lowest BCUT2D eigenvalue weighted by Crippen LogP contribution is -2.01. The average Bonchev–Trinajstić information content (AvgIpc) is 2.16. The third-order valence-electron chi connectivity index (χ3n) is 1.74. The van der Waals surface area contributed by atoms with Crippen molar-refractivity contribution in [2.45, 2.75) is 0 Å². The molecular weight excluding hydrogens is 258 g/mol. The number of nitrogens with two attached hydrogens (primary N) is 2. The van der Waals surface area contributed by atoms with E-state index in [0.717, 1.165) is 4.60 Å².